The minimum atomic E-state index is 0.198. The van der Waals surface area contributed by atoms with Crippen LogP contribution in [0.2, 0.25) is 0 Å². The van der Waals surface area contributed by atoms with Crippen molar-refractivity contribution >= 4 is 0 Å². The van der Waals surface area contributed by atoms with E-state index in [0.29, 0.717) is 6.04 Å². The minimum absolute atomic E-state index is 0.198. The monoisotopic (exact) mass is 209 g/mol. The van der Waals surface area contributed by atoms with Crippen molar-refractivity contribution in [2.75, 3.05) is 0 Å². The first-order valence-electron chi connectivity index (χ1n) is 5.79. The van der Waals surface area contributed by atoms with Gasteiger partial charge >= 0.3 is 0 Å². The first-order valence-corrected chi connectivity index (χ1v) is 5.79. The summed E-state index contributed by atoms with van der Waals surface area (Å²) in [7, 11) is 0. The second-order valence-electron chi connectivity index (χ2n) is 4.44. The van der Waals surface area contributed by atoms with E-state index in [1.165, 1.54) is 25.7 Å². The number of aromatic nitrogens is 4. The van der Waals surface area contributed by atoms with Gasteiger partial charge < -0.3 is 5.32 Å². The Kier molecular flexibility index (Phi) is 3.30. The van der Waals surface area contributed by atoms with E-state index in [2.05, 4.69) is 39.8 Å². The molecule has 1 heterocycles. The third-order valence-corrected chi connectivity index (χ3v) is 3.35. The third kappa shape index (κ3) is 2.53. The van der Waals surface area contributed by atoms with Crippen molar-refractivity contribution in [2.24, 2.45) is 5.92 Å². The van der Waals surface area contributed by atoms with Crippen LogP contribution in [0, 0.1) is 5.92 Å². The number of nitrogens with zero attached hydrogens (tertiary/aromatic N) is 3. The van der Waals surface area contributed by atoms with Crippen molar-refractivity contribution in [3.8, 4) is 0 Å². The van der Waals surface area contributed by atoms with E-state index < -0.39 is 0 Å². The summed E-state index contributed by atoms with van der Waals surface area (Å²) in [6.07, 6.45) is 5.22. The first-order chi connectivity index (χ1) is 7.29. The van der Waals surface area contributed by atoms with E-state index in [4.69, 9.17) is 0 Å². The smallest absolute Gasteiger partial charge is 0.191 e. The van der Waals surface area contributed by atoms with Crippen molar-refractivity contribution in [3.63, 3.8) is 0 Å². The van der Waals surface area contributed by atoms with Crippen molar-refractivity contribution in [3.05, 3.63) is 5.82 Å². The Morgan fingerprint density at radius 3 is 3.00 bits per heavy atom. The summed E-state index contributed by atoms with van der Waals surface area (Å²) in [5.41, 5.74) is 0. The molecule has 1 aromatic rings. The van der Waals surface area contributed by atoms with Crippen molar-refractivity contribution in [1.82, 2.24) is 25.9 Å². The maximum absolute atomic E-state index is 3.99. The molecule has 0 bridgehead atoms. The lowest BCUT2D eigenvalue weighted by Gasteiger charge is -2.16. The highest BCUT2D eigenvalue weighted by atomic mass is 15.5. The average molecular weight is 209 g/mol. The molecule has 5 nitrogen and oxygen atoms in total. The largest absolute Gasteiger partial charge is 0.305 e. The fraction of sp³-hybridized carbons (Fsp3) is 0.900. The van der Waals surface area contributed by atoms with E-state index in [1.807, 2.05) is 0 Å². The Hall–Kier alpha value is -0.970. The molecule has 0 saturated heterocycles. The van der Waals surface area contributed by atoms with Crippen molar-refractivity contribution in [1.29, 1.82) is 0 Å². The number of H-pyrrole nitrogens is 1. The topological polar surface area (TPSA) is 66.5 Å². The summed E-state index contributed by atoms with van der Waals surface area (Å²) in [4.78, 5) is 0. The Labute approximate surface area is 90.0 Å². The van der Waals surface area contributed by atoms with Crippen LogP contribution < -0.4 is 5.32 Å². The van der Waals surface area contributed by atoms with E-state index in [0.717, 1.165) is 11.7 Å². The van der Waals surface area contributed by atoms with Gasteiger partial charge in [-0.2, -0.15) is 5.21 Å². The number of tetrazole rings is 1. The van der Waals surface area contributed by atoms with E-state index in [1.54, 1.807) is 0 Å². The molecule has 0 amide bonds. The molecule has 1 aliphatic rings. The van der Waals surface area contributed by atoms with Gasteiger partial charge in [0.1, 0.15) is 0 Å². The number of rotatable bonds is 4. The molecule has 2 N–H and O–H groups in total. The van der Waals surface area contributed by atoms with Gasteiger partial charge in [0.05, 0.1) is 6.04 Å². The fourth-order valence-electron chi connectivity index (χ4n) is 2.38. The quantitative estimate of drug-likeness (QED) is 0.787. The lowest BCUT2D eigenvalue weighted by molar-refractivity contribution is 0.427. The zero-order valence-electron chi connectivity index (χ0n) is 9.40. The minimum Gasteiger partial charge on any atom is -0.305 e. The van der Waals surface area contributed by atoms with E-state index >= 15 is 0 Å². The maximum atomic E-state index is 3.99. The molecule has 2 rings (SSSR count). The Morgan fingerprint density at radius 1 is 1.53 bits per heavy atom. The summed E-state index contributed by atoms with van der Waals surface area (Å²) in [6.45, 7) is 4.36. The molecule has 1 aliphatic carbocycles. The van der Waals surface area contributed by atoms with Crippen LogP contribution in [0.1, 0.15) is 51.4 Å². The zero-order chi connectivity index (χ0) is 10.7. The molecule has 0 spiro atoms. The maximum Gasteiger partial charge on any atom is 0.191 e. The predicted molar refractivity (Wildman–Crippen MR) is 57.1 cm³/mol. The molecule has 0 radical (unpaired) electrons. The summed E-state index contributed by atoms with van der Waals surface area (Å²) >= 11 is 0. The van der Waals surface area contributed by atoms with Crippen LogP contribution in [0.25, 0.3) is 0 Å². The number of hydrogen-bond acceptors (Lipinski definition) is 4. The molecule has 3 atom stereocenters. The fourth-order valence-corrected chi connectivity index (χ4v) is 2.38. The van der Waals surface area contributed by atoms with Crippen molar-refractivity contribution < 1.29 is 0 Å². The number of hydrogen-bond donors (Lipinski definition) is 2. The molecule has 1 fully saturated rings. The van der Waals surface area contributed by atoms with Gasteiger partial charge in [0, 0.05) is 6.04 Å². The summed E-state index contributed by atoms with van der Waals surface area (Å²) in [5.74, 6) is 1.66. The van der Waals surface area contributed by atoms with Gasteiger partial charge in [-0.15, -0.1) is 10.2 Å². The van der Waals surface area contributed by atoms with Gasteiger partial charge in [-0.3, -0.25) is 0 Å². The van der Waals surface area contributed by atoms with Crippen LogP contribution >= 0.6 is 0 Å². The van der Waals surface area contributed by atoms with E-state index in [9.17, 15) is 0 Å². The Bertz CT molecular complexity index is 284. The Morgan fingerprint density at radius 2 is 2.40 bits per heavy atom. The lowest BCUT2D eigenvalue weighted by atomic mass is 10.1. The molecule has 1 aromatic heterocycles. The normalized spacial score (nSPS) is 28.1. The van der Waals surface area contributed by atoms with Crippen LogP contribution in [0.15, 0.2) is 0 Å². The van der Waals surface area contributed by atoms with Gasteiger partial charge in [-0.05, 0) is 32.1 Å². The zero-order valence-corrected chi connectivity index (χ0v) is 9.40. The highest BCUT2D eigenvalue weighted by Crippen LogP contribution is 2.29. The molecular formula is C10H19N5. The van der Waals surface area contributed by atoms with E-state index in [-0.39, 0.29) is 6.04 Å². The van der Waals surface area contributed by atoms with Crippen LogP contribution in [0.4, 0.5) is 0 Å². The summed E-state index contributed by atoms with van der Waals surface area (Å²) in [5, 5.41) is 17.6. The SMILES string of the molecule is CCC1CCC(NC(C)c2nn[nH]n2)C1. The standard InChI is InChI=1S/C10H19N5/c1-3-8-4-5-9(6-8)11-7(2)10-12-14-15-13-10/h7-9,11H,3-6H2,1-2H3,(H,12,13,14,15). The van der Waals surface area contributed by atoms with Crippen LogP contribution in [0.3, 0.4) is 0 Å². The van der Waals surface area contributed by atoms with Gasteiger partial charge in [-0.25, -0.2) is 0 Å². The molecule has 0 aromatic carbocycles. The molecule has 3 unspecified atom stereocenters. The van der Waals surface area contributed by atoms with Crippen LogP contribution in [-0.2, 0) is 0 Å². The molecular weight excluding hydrogens is 190 g/mol. The summed E-state index contributed by atoms with van der Waals surface area (Å²) in [6, 6.07) is 0.827. The third-order valence-electron chi connectivity index (χ3n) is 3.35. The first kappa shape index (κ1) is 10.5. The average Bonchev–Trinajstić information content (AvgIpc) is 2.87. The molecule has 5 heteroatoms. The highest BCUT2D eigenvalue weighted by Gasteiger charge is 2.25. The predicted octanol–water partition coefficient (Wildman–Crippen LogP) is 1.43. The Balaban J connectivity index is 1.83. The molecule has 0 aliphatic heterocycles. The molecule has 1 saturated carbocycles. The van der Waals surface area contributed by atoms with Gasteiger partial charge in [0.2, 0.25) is 0 Å². The second kappa shape index (κ2) is 4.70. The van der Waals surface area contributed by atoms with Crippen LogP contribution in [0.5, 0.6) is 0 Å². The molecule has 84 valence electrons. The number of aromatic amines is 1. The van der Waals surface area contributed by atoms with Gasteiger partial charge in [0.25, 0.3) is 0 Å². The highest BCUT2D eigenvalue weighted by molar-refractivity contribution is 4.90. The van der Waals surface area contributed by atoms with Crippen LogP contribution in [-0.4, -0.2) is 26.7 Å². The van der Waals surface area contributed by atoms with Crippen molar-refractivity contribution in [2.45, 2.75) is 51.6 Å². The summed E-state index contributed by atoms with van der Waals surface area (Å²) < 4.78 is 0. The van der Waals surface area contributed by atoms with Gasteiger partial charge in [0.15, 0.2) is 5.82 Å². The second-order valence-corrected chi connectivity index (χ2v) is 4.44. The van der Waals surface area contributed by atoms with Gasteiger partial charge in [-0.1, -0.05) is 18.6 Å². The molecule has 15 heavy (non-hydrogen) atoms. The lowest BCUT2D eigenvalue weighted by Crippen LogP contribution is -2.30. The number of nitrogens with one attached hydrogen (secondary N) is 2.